The second-order valence-electron chi connectivity index (χ2n) is 10.3. The van der Waals surface area contributed by atoms with Gasteiger partial charge in [-0.1, -0.05) is 48.5 Å². The zero-order valence-corrected chi connectivity index (χ0v) is 19.2. The van der Waals surface area contributed by atoms with Crippen molar-refractivity contribution >= 4 is 17.3 Å². The largest absolute Gasteiger partial charge is 0.478 e. The van der Waals surface area contributed by atoms with Crippen molar-refractivity contribution in [2.45, 2.75) is 56.5 Å². The van der Waals surface area contributed by atoms with Gasteiger partial charge in [0.2, 0.25) is 11.5 Å². The molecule has 0 aromatic heterocycles. The molecule has 4 aliphatic heterocycles. The van der Waals surface area contributed by atoms with E-state index >= 15 is 0 Å². The summed E-state index contributed by atoms with van der Waals surface area (Å²) >= 11 is 0. The predicted octanol–water partition coefficient (Wildman–Crippen LogP) is 3.40. The van der Waals surface area contributed by atoms with Crippen LogP contribution in [0.1, 0.15) is 55.6 Å². The van der Waals surface area contributed by atoms with Crippen LogP contribution in [0.25, 0.3) is 5.57 Å². The first-order valence-corrected chi connectivity index (χ1v) is 11.1. The number of hydrogen-bond acceptors (Lipinski definition) is 6. The lowest BCUT2D eigenvalue weighted by Gasteiger charge is -2.58. The maximum Gasteiger partial charge on any atom is 0.336 e. The van der Waals surface area contributed by atoms with E-state index in [0.29, 0.717) is 17.6 Å². The van der Waals surface area contributed by atoms with Crippen LogP contribution in [-0.2, 0) is 15.4 Å². The third kappa shape index (κ3) is 2.79. The molecule has 7 heteroatoms. The molecule has 2 aromatic rings. The fourth-order valence-corrected chi connectivity index (χ4v) is 5.86. The van der Waals surface area contributed by atoms with Crippen molar-refractivity contribution in [3.8, 4) is 0 Å². The highest BCUT2D eigenvalue weighted by Gasteiger charge is 2.74. The van der Waals surface area contributed by atoms with Crippen LogP contribution in [0.4, 0.5) is 0 Å². The molecule has 3 saturated heterocycles. The maximum absolute atomic E-state index is 13.8. The highest BCUT2D eigenvalue weighted by Crippen LogP contribution is 2.60. The summed E-state index contributed by atoms with van der Waals surface area (Å²) in [5, 5.41) is 23.8. The lowest BCUT2D eigenvalue weighted by molar-refractivity contribution is -0.400. The van der Waals surface area contributed by atoms with Crippen molar-refractivity contribution in [3.05, 3.63) is 77.5 Å². The summed E-state index contributed by atoms with van der Waals surface area (Å²) in [4.78, 5) is 33.6. The first-order valence-electron chi connectivity index (χ1n) is 11.1. The fraction of sp³-hybridized carbons (Fsp3) is 0.385. The average molecular weight is 449 g/mol. The zero-order chi connectivity index (χ0) is 23.8. The smallest absolute Gasteiger partial charge is 0.336 e. The number of carboxylic acid groups (broad SMARTS) is 1. The number of carboxylic acids is 1. The number of hydrogen-bond donors (Lipinski definition) is 2. The normalized spacial score (nSPS) is 31.3. The quantitative estimate of drug-likeness (QED) is 0.725. The van der Waals surface area contributed by atoms with Crippen LogP contribution >= 0.6 is 0 Å². The Morgan fingerprint density at radius 1 is 1.03 bits per heavy atom. The van der Waals surface area contributed by atoms with E-state index in [4.69, 9.17) is 4.84 Å². The van der Waals surface area contributed by atoms with E-state index in [1.807, 2.05) is 23.3 Å². The summed E-state index contributed by atoms with van der Waals surface area (Å²) in [6.45, 7) is 8.63. The van der Waals surface area contributed by atoms with Gasteiger partial charge in [-0.25, -0.2) is 4.79 Å². The van der Waals surface area contributed by atoms with E-state index in [0.717, 1.165) is 0 Å². The molecule has 3 atom stereocenters. The Labute approximate surface area is 192 Å². The average Bonchev–Trinajstić information content (AvgIpc) is 3.27. The third-order valence-electron chi connectivity index (χ3n) is 7.46. The number of carbonyl (C=O) groups is 2. The molecule has 0 spiro atoms. The second-order valence-corrected chi connectivity index (χ2v) is 10.3. The molecule has 4 aliphatic rings. The van der Waals surface area contributed by atoms with Crippen LogP contribution < -0.4 is 0 Å². The van der Waals surface area contributed by atoms with E-state index in [2.05, 4.69) is 27.7 Å². The number of ketones is 1. The minimum atomic E-state index is -2.17. The summed E-state index contributed by atoms with van der Waals surface area (Å²) in [5.41, 5.74) is -2.38. The van der Waals surface area contributed by atoms with Gasteiger partial charge in [-0.15, -0.1) is 0 Å². The van der Waals surface area contributed by atoms with E-state index in [1.165, 1.54) is 12.1 Å². The number of hydroxylamine groups is 2. The van der Waals surface area contributed by atoms with Crippen molar-refractivity contribution < 1.29 is 24.6 Å². The molecule has 3 fully saturated rings. The molecular weight excluding hydrogens is 420 g/mol. The number of benzene rings is 2. The Hall–Kier alpha value is -3.00. The van der Waals surface area contributed by atoms with Crippen LogP contribution in [0, 0.1) is 0 Å². The van der Waals surface area contributed by atoms with E-state index < -0.39 is 23.1 Å². The van der Waals surface area contributed by atoms with Crippen LogP contribution in [-0.4, -0.2) is 55.2 Å². The van der Waals surface area contributed by atoms with Gasteiger partial charge in [0, 0.05) is 29.3 Å². The number of rotatable bonds is 5. The first-order chi connectivity index (χ1) is 15.4. The summed E-state index contributed by atoms with van der Waals surface area (Å²) in [6, 6.07) is 15.2. The molecule has 33 heavy (non-hydrogen) atoms. The third-order valence-corrected chi connectivity index (χ3v) is 7.46. The number of Topliss-reactive ketones (excluding diaryl/α,β-unsaturated/α-hetero) is 1. The van der Waals surface area contributed by atoms with Gasteiger partial charge < -0.3 is 15.1 Å². The van der Waals surface area contributed by atoms with Crippen molar-refractivity contribution in [3.63, 3.8) is 0 Å². The van der Waals surface area contributed by atoms with Crippen molar-refractivity contribution in [1.29, 1.82) is 0 Å². The predicted molar refractivity (Wildman–Crippen MR) is 122 cm³/mol. The molecule has 2 aromatic carbocycles. The van der Waals surface area contributed by atoms with Crippen LogP contribution in [0.3, 0.4) is 0 Å². The lowest BCUT2D eigenvalue weighted by atomic mass is 9.79. The van der Waals surface area contributed by atoms with Gasteiger partial charge in [0.25, 0.3) is 0 Å². The second kappa shape index (κ2) is 6.76. The Morgan fingerprint density at radius 2 is 1.67 bits per heavy atom. The minimum absolute atomic E-state index is 0.0484. The number of carbonyl (C=O) groups excluding carboxylic acids is 1. The molecule has 6 rings (SSSR count). The molecule has 0 radical (unpaired) electrons. The van der Waals surface area contributed by atoms with Gasteiger partial charge >= 0.3 is 5.97 Å². The minimum Gasteiger partial charge on any atom is -0.478 e. The van der Waals surface area contributed by atoms with Crippen LogP contribution in [0.2, 0.25) is 0 Å². The molecule has 172 valence electrons. The van der Waals surface area contributed by atoms with E-state index in [1.54, 1.807) is 35.4 Å². The van der Waals surface area contributed by atoms with Crippen LogP contribution in [0.5, 0.6) is 0 Å². The van der Waals surface area contributed by atoms with Crippen molar-refractivity contribution in [1.82, 2.24) is 9.96 Å². The monoisotopic (exact) mass is 448 g/mol. The summed E-state index contributed by atoms with van der Waals surface area (Å²) in [5.74, 6) is -1.75. The van der Waals surface area contributed by atoms with Crippen molar-refractivity contribution in [2.24, 2.45) is 0 Å². The standard InChI is InChI=1S/C26H28N2O5/c1-23(2)15-25(24(3,4)28(23)33-25)16-27-14-19(17-10-6-5-7-11-17)21(29)26(27,32)20-13-9-8-12-18(20)22(30)31/h5-14,32H,15-16H2,1-4H3,(H,30,31)/t25-,26-/m0/s1. The van der Waals surface area contributed by atoms with Gasteiger partial charge in [-0.05, 0) is 39.3 Å². The van der Waals surface area contributed by atoms with Crippen molar-refractivity contribution in [2.75, 3.05) is 6.54 Å². The van der Waals surface area contributed by atoms with Gasteiger partial charge in [0.1, 0.15) is 5.60 Å². The summed E-state index contributed by atoms with van der Waals surface area (Å²) in [7, 11) is 0. The van der Waals surface area contributed by atoms with Gasteiger partial charge in [-0.2, -0.15) is 5.06 Å². The maximum atomic E-state index is 13.8. The molecule has 1 unspecified atom stereocenters. The van der Waals surface area contributed by atoms with Gasteiger partial charge in [0.05, 0.1) is 17.6 Å². The molecule has 0 aliphatic carbocycles. The van der Waals surface area contributed by atoms with Gasteiger partial charge in [0.15, 0.2) is 0 Å². The first kappa shape index (κ1) is 21.8. The zero-order valence-electron chi connectivity index (χ0n) is 19.2. The topological polar surface area (TPSA) is 90.3 Å². The highest BCUT2D eigenvalue weighted by molar-refractivity contribution is 6.26. The number of aliphatic hydroxyl groups is 1. The number of aromatic carboxylic acids is 1. The SMILES string of the molecule is CC1(C)C[C@@]2(CN3C=C(c4ccccc4)C(=O)[C@@]3(O)c3ccccc3C(=O)O)ON1C2(C)C. The fourth-order valence-electron chi connectivity index (χ4n) is 5.86. The highest BCUT2D eigenvalue weighted by atomic mass is 16.8. The molecule has 7 nitrogen and oxygen atoms in total. The molecule has 2 N–H and O–H groups in total. The van der Waals surface area contributed by atoms with Crippen LogP contribution in [0.15, 0.2) is 60.8 Å². The number of nitrogens with zero attached hydrogens (tertiary/aromatic N) is 2. The molecule has 0 amide bonds. The molecule has 4 heterocycles. The molecular formula is C26H28N2O5. The Morgan fingerprint density at radius 3 is 2.24 bits per heavy atom. The van der Waals surface area contributed by atoms with E-state index in [9.17, 15) is 19.8 Å². The Balaban J connectivity index is 1.64. The summed E-state index contributed by atoms with van der Waals surface area (Å²) in [6.07, 6.45) is 2.36. The van der Waals surface area contributed by atoms with Gasteiger partial charge in [-0.3, -0.25) is 9.63 Å². The Kier molecular flexibility index (Phi) is 4.47. The lowest BCUT2D eigenvalue weighted by Crippen LogP contribution is -2.72. The summed E-state index contributed by atoms with van der Waals surface area (Å²) < 4.78 is 0. The molecule has 2 bridgehead atoms. The van der Waals surface area contributed by atoms with E-state index in [-0.39, 0.29) is 28.7 Å². The number of fused-ring (bicyclic) bond motifs is 1. The molecule has 0 saturated carbocycles. The Bertz CT molecular complexity index is 1190.